The molecule has 1 aromatic carbocycles. The maximum absolute atomic E-state index is 13.8. The van der Waals surface area contributed by atoms with E-state index in [0.29, 0.717) is 17.9 Å². The maximum atomic E-state index is 13.8. The fourth-order valence-corrected chi connectivity index (χ4v) is 1.56. The largest absolute Gasteiger partial charge is 0.497 e. The Morgan fingerprint density at radius 1 is 1.47 bits per heavy atom. The molecule has 84 valence electrons. The van der Waals surface area contributed by atoms with Gasteiger partial charge in [-0.15, -0.1) is 0 Å². The second-order valence-electron chi connectivity index (χ2n) is 3.96. The van der Waals surface area contributed by atoms with Gasteiger partial charge in [-0.3, -0.25) is 0 Å². The van der Waals surface area contributed by atoms with Crippen LogP contribution in [0.2, 0.25) is 0 Å². The molecule has 0 aliphatic heterocycles. The highest BCUT2D eigenvalue weighted by atomic mass is 19.1. The van der Waals surface area contributed by atoms with E-state index in [1.54, 1.807) is 12.1 Å². The molecule has 1 rings (SSSR count). The van der Waals surface area contributed by atoms with Crippen molar-refractivity contribution in [2.75, 3.05) is 13.7 Å². The molecule has 2 nitrogen and oxygen atoms in total. The Morgan fingerprint density at radius 2 is 2.13 bits per heavy atom. The summed E-state index contributed by atoms with van der Waals surface area (Å²) >= 11 is 0. The smallest absolute Gasteiger partial charge is 0.130 e. The highest BCUT2D eigenvalue weighted by Gasteiger charge is 2.26. The number of hydrogen-bond donors (Lipinski definition) is 1. The molecule has 0 aromatic heterocycles. The lowest BCUT2D eigenvalue weighted by molar-refractivity contribution is 0.403. The molecule has 0 heterocycles. The Morgan fingerprint density at radius 3 is 2.53 bits per heavy atom. The first-order chi connectivity index (χ1) is 7.07. The first-order valence-electron chi connectivity index (χ1n) is 5.11. The van der Waals surface area contributed by atoms with E-state index >= 15 is 0 Å². The third-order valence-corrected chi connectivity index (χ3v) is 3.06. The van der Waals surface area contributed by atoms with E-state index in [9.17, 15) is 4.39 Å². The van der Waals surface area contributed by atoms with Crippen LogP contribution in [0.4, 0.5) is 4.39 Å². The van der Waals surface area contributed by atoms with Gasteiger partial charge in [0.1, 0.15) is 11.6 Å². The third-order valence-electron chi connectivity index (χ3n) is 3.06. The molecule has 0 saturated carbocycles. The molecule has 3 heteroatoms. The normalized spacial score (nSPS) is 14.7. The first kappa shape index (κ1) is 12.0. The lowest BCUT2D eigenvalue weighted by Crippen LogP contribution is -2.32. The van der Waals surface area contributed by atoms with Crippen molar-refractivity contribution < 1.29 is 9.13 Å². The number of nitrogens with two attached hydrogens (primary N) is 1. The van der Waals surface area contributed by atoms with Gasteiger partial charge >= 0.3 is 0 Å². The Balaban J connectivity index is 3.14. The summed E-state index contributed by atoms with van der Waals surface area (Å²) in [5.74, 6) is 0.288. The van der Waals surface area contributed by atoms with E-state index in [1.165, 1.54) is 13.2 Å². The third kappa shape index (κ3) is 2.29. The van der Waals surface area contributed by atoms with Gasteiger partial charge < -0.3 is 10.5 Å². The second kappa shape index (κ2) is 4.62. The van der Waals surface area contributed by atoms with Gasteiger partial charge in [0, 0.05) is 18.0 Å². The van der Waals surface area contributed by atoms with Gasteiger partial charge in [0.05, 0.1) is 7.11 Å². The van der Waals surface area contributed by atoms with E-state index < -0.39 is 0 Å². The quantitative estimate of drug-likeness (QED) is 0.830. The summed E-state index contributed by atoms with van der Waals surface area (Å²) in [6, 6.07) is 4.92. The van der Waals surface area contributed by atoms with Gasteiger partial charge in [-0.05, 0) is 18.1 Å². The lowest BCUT2D eigenvalue weighted by atomic mass is 9.80. The average Bonchev–Trinajstić information content (AvgIpc) is 2.27. The predicted octanol–water partition coefficient (Wildman–Crippen LogP) is 2.46. The van der Waals surface area contributed by atoms with Crippen LogP contribution in [0.3, 0.4) is 0 Å². The van der Waals surface area contributed by atoms with E-state index in [2.05, 4.69) is 0 Å². The number of rotatable bonds is 4. The Hall–Kier alpha value is -1.09. The van der Waals surface area contributed by atoms with Gasteiger partial charge in [0.15, 0.2) is 0 Å². The lowest BCUT2D eigenvalue weighted by Gasteiger charge is -2.27. The number of methoxy groups -OCH3 is 1. The highest BCUT2D eigenvalue weighted by Crippen LogP contribution is 2.30. The summed E-state index contributed by atoms with van der Waals surface area (Å²) in [4.78, 5) is 0. The summed E-state index contributed by atoms with van der Waals surface area (Å²) in [6.45, 7) is 4.42. The van der Waals surface area contributed by atoms with Crippen LogP contribution in [0.15, 0.2) is 18.2 Å². The molecule has 0 fully saturated rings. The zero-order valence-corrected chi connectivity index (χ0v) is 9.51. The maximum Gasteiger partial charge on any atom is 0.130 e. The average molecular weight is 211 g/mol. The van der Waals surface area contributed by atoms with E-state index in [1.807, 2.05) is 13.8 Å². The SMILES string of the molecule is CCC(C)(CN)c1ccc(OC)cc1F. The Kier molecular flexibility index (Phi) is 3.69. The first-order valence-corrected chi connectivity index (χ1v) is 5.11. The molecule has 0 aliphatic carbocycles. The second-order valence-corrected chi connectivity index (χ2v) is 3.96. The van der Waals surface area contributed by atoms with Crippen molar-refractivity contribution in [3.05, 3.63) is 29.6 Å². The van der Waals surface area contributed by atoms with E-state index in [4.69, 9.17) is 10.5 Å². The van der Waals surface area contributed by atoms with Crippen LogP contribution in [0.1, 0.15) is 25.8 Å². The minimum absolute atomic E-state index is 0.246. The van der Waals surface area contributed by atoms with Gasteiger partial charge in [0.2, 0.25) is 0 Å². The van der Waals surface area contributed by atoms with Gasteiger partial charge in [-0.25, -0.2) is 4.39 Å². The number of halogens is 1. The molecule has 2 N–H and O–H groups in total. The number of hydrogen-bond acceptors (Lipinski definition) is 2. The van der Waals surface area contributed by atoms with Gasteiger partial charge in [-0.2, -0.15) is 0 Å². The van der Waals surface area contributed by atoms with Crippen LogP contribution in [-0.2, 0) is 5.41 Å². The molecule has 0 spiro atoms. The van der Waals surface area contributed by atoms with Crippen molar-refractivity contribution in [3.63, 3.8) is 0 Å². The van der Waals surface area contributed by atoms with Crippen LogP contribution < -0.4 is 10.5 Å². The zero-order valence-electron chi connectivity index (χ0n) is 9.51. The number of benzene rings is 1. The van der Waals surface area contributed by atoms with Gasteiger partial charge in [0.25, 0.3) is 0 Å². The molecule has 15 heavy (non-hydrogen) atoms. The zero-order chi connectivity index (χ0) is 11.5. The van der Waals surface area contributed by atoms with Crippen LogP contribution in [0.5, 0.6) is 5.75 Å². The van der Waals surface area contributed by atoms with Gasteiger partial charge in [-0.1, -0.05) is 19.9 Å². The van der Waals surface area contributed by atoms with Crippen LogP contribution >= 0.6 is 0 Å². The van der Waals surface area contributed by atoms with E-state index in [0.717, 1.165) is 6.42 Å². The molecule has 1 atom stereocenters. The summed E-state index contributed by atoms with van der Waals surface area (Å²) in [7, 11) is 1.52. The summed E-state index contributed by atoms with van der Waals surface area (Å²) in [5, 5.41) is 0. The summed E-state index contributed by atoms with van der Waals surface area (Å²) in [6.07, 6.45) is 0.812. The summed E-state index contributed by atoms with van der Waals surface area (Å²) in [5.41, 5.74) is 6.06. The van der Waals surface area contributed by atoms with Crippen LogP contribution in [0.25, 0.3) is 0 Å². The van der Waals surface area contributed by atoms with Crippen molar-refractivity contribution in [2.45, 2.75) is 25.7 Å². The van der Waals surface area contributed by atoms with Crippen molar-refractivity contribution in [2.24, 2.45) is 5.73 Å². The molecule has 1 unspecified atom stereocenters. The molecule has 0 radical (unpaired) electrons. The van der Waals surface area contributed by atoms with Crippen molar-refractivity contribution >= 4 is 0 Å². The standard InChI is InChI=1S/C12H18FNO/c1-4-12(2,8-14)10-6-5-9(15-3)7-11(10)13/h5-7H,4,8,14H2,1-3H3. The molecule has 0 amide bonds. The fraction of sp³-hybridized carbons (Fsp3) is 0.500. The molecule has 1 aromatic rings. The van der Waals surface area contributed by atoms with Crippen molar-refractivity contribution in [1.82, 2.24) is 0 Å². The minimum atomic E-state index is -0.295. The van der Waals surface area contributed by atoms with Crippen molar-refractivity contribution in [3.8, 4) is 5.75 Å². The molecular weight excluding hydrogens is 193 g/mol. The monoisotopic (exact) mass is 211 g/mol. The topological polar surface area (TPSA) is 35.2 Å². The van der Waals surface area contributed by atoms with Crippen molar-refractivity contribution in [1.29, 1.82) is 0 Å². The van der Waals surface area contributed by atoms with Crippen LogP contribution in [0, 0.1) is 5.82 Å². The Bertz CT molecular complexity index is 334. The number of ether oxygens (including phenoxy) is 1. The predicted molar refractivity (Wildman–Crippen MR) is 59.6 cm³/mol. The fourth-order valence-electron chi connectivity index (χ4n) is 1.56. The highest BCUT2D eigenvalue weighted by molar-refractivity contribution is 5.33. The van der Waals surface area contributed by atoms with Crippen LogP contribution in [-0.4, -0.2) is 13.7 Å². The molecule has 0 bridgehead atoms. The molecule has 0 saturated heterocycles. The van der Waals surface area contributed by atoms with E-state index in [-0.39, 0.29) is 11.2 Å². The Labute approximate surface area is 90.2 Å². The summed E-state index contributed by atoms with van der Waals surface area (Å²) < 4.78 is 18.7. The molecule has 0 aliphatic rings. The minimum Gasteiger partial charge on any atom is -0.497 e. The molecular formula is C12H18FNO.